The first kappa shape index (κ1) is 14.0. The van der Waals surface area contributed by atoms with Crippen molar-refractivity contribution in [3.05, 3.63) is 29.6 Å². The molecule has 0 spiro atoms. The van der Waals surface area contributed by atoms with Crippen LogP contribution in [0.4, 0.5) is 5.82 Å². The van der Waals surface area contributed by atoms with Gasteiger partial charge in [-0.05, 0) is 45.9 Å². The van der Waals surface area contributed by atoms with Crippen molar-refractivity contribution in [3.8, 4) is 5.82 Å². The third-order valence-corrected chi connectivity index (χ3v) is 3.61. The van der Waals surface area contributed by atoms with E-state index >= 15 is 0 Å². The highest BCUT2D eigenvalue weighted by Crippen LogP contribution is 2.18. The first-order chi connectivity index (χ1) is 10.0. The van der Waals surface area contributed by atoms with Gasteiger partial charge in [0.15, 0.2) is 11.6 Å². The van der Waals surface area contributed by atoms with Crippen LogP contribution in [0.3, 0.4) is 0 Å². The number of morpholine rings is 1. The number of anilines is 1. The van der Waals surface area contributed by atoms with Crippen LogP contribution in [0.5, 0.6) is 0 Å². The second kappa shape index (κ2) is 5.44. The minimum absolute atomic E-state index is 0.214. The lowest BCUT2D eigenvalue weighted by Crippen LogP contribution is -2.45. The predicted molar refractivity (Wildman–Crippen MR) is 80.9 cm³/mol. The van der Waals surface area contributed by atoms with Crippen LogP contribution >= 0.6 is 0 Å². The Morgan fingerprint density at radius 2 is 1.67 bits per heavy atom. The van der Waals surface area contributed by atoms with E-state index in [1.807, 2.05) is 36.7 Å². The minimum Gasteiger partial charge on any atom is -0.372 e. The average molecular weight is 287 g/mol. The molecule has 3 heterocycles. The predicted octanol–water partition coefficient (Wildman–Crippen LogP) is 1.89. The van der Waals surface area contributed by atoms with E-state index in [1.54, 1.807) is 0 Å². The molecule has 0 aliphatic carbocycles. The van der Waals surface area contributed by atoms with Crippen LogP contribution in [0.1, 0.15) is 25.2 Å². The second-order valence-electron chi connectivity index (χ2n) is 5.75. The molecule has 0 unspecified atom stereocenters. The molecule has 112 valence electrons. The molecule has 1 aliphatic heterocycles. The van der Waals surface area contributed by atoms with E-state index in [-0.39, 0.29) is 12.2 Å². The second-order valence-corrected chi connectivity index (χ2v) is 5.75. The van der Waals surface area contributed by atoms with Crippen molar-refractivity contribution >= 4 is 5.82 Å². The third kappa shape index (κ3) is 2.90. The van der Waals surface area contributed by atoms with E-state index in [1.165, 1.54) is 0 Å². The Bertz CT molecular complexity index is 611. The van der Waals surface area contributed by atoms with Crippen LogP contribution in [0.15, 0.2) is 18.2 Å². The summed E-state index contributed by atoms with van der Waals surface area (Å²) in [7, 11) is 0. The molecule has 0 bridgehead atoms. The molecule has 0 radical (unpaired) electrons. The summed E-state index contributed by atoms with van der Waals surface area (Å²) in [4.78, 5) is 2.22. The molecule has 3 rings (SSSR count). The summed E-state index contributed by atoms with van der Waals surface area (Å²) in [5.41, 5.74) is 2.04. The van der Waals surface area contributed by atoms with Crippen molar-refractivity contribution in [2.45, 2.75) is 39.9 Å². The number of hydrogen-bond acceptors (Lipinski definition) is 5. The Morgan fingerprint density at radius 3 is 2.19 bits per heavy atom. The Morgan fingerprint density at radius 1 is 1.05 bits per heavy atom. The van der Waals surface area contributed by atoms with E-state index in [9.17, 15) is 0 Å². The number of ether oxygens (including phenoxy) is 1. The van der Waals surface area contributed by atoms with Crippen molar-refractivity contribution in [1.29, 1.82) is 0 Å². The summed E-state index contributed by atoms with van der Waals surface area (Å²) >= 11 is 0. The van der Waals surface area contributed by atoms with Crippen LogP contribution in [0.2, 0.25) is 0 Å². The zero-order valence-corrected chi connectivity index (χ0v) is 12.9. The molecule has 0 saturated carbocycles. The van der Waals surface area contributed by atoms with Gasteiger partial charge in [-0.1, -0.05) is 0 Å². The monoisotopic (exact) mass is 287 g/mol. The van der Waals surface area contributed by atoms with Crippen molar-refractivity contribution in [2.75, 3.05) is 18.0 Å². The number of aryl methyl sites for hydroxylation is 2. The lowest BCUT2D eigenvalue weighted by atomic mass is 10.2. The summed E-state index contributed by atoms with van der Waals surface area (Å²) in [5.74, 6) is 1.64. The van der Waals surface area contributed by atoms with Gasteiger partial charge in [-0.25, -0.2) is 4.68 Å². The lowest BCUT2D eigenvalue weighted by molar-refractivity contribution is -0.00550. The number of hydrogen-bond donors (Lipinski definition) is 0. The Kier molecular flexibility index (Phi) is 3.63. The first-order valence-electron chi connectivity index (χ1n) is 7.30. The molecule has 21 heavy (non-hydrogen) atoms. The topological polar surface area (TPSA) is 56.1 Å². The van der Waals surface area contributed by atoms with Crippen LogP contribution < -0.4 is 4.90 Å². The zero-order valence-electron chi connectivity index (χ0n) is 12.9. The van der Waals surface area contributed by atoms with E-state index < -0.39 is 0 Å². The van der Waals surface area contributed by atoms with Gasteiger partial charge in [0.2, 0.25) is 0 Å². The number of rotatable bonds is 2. The summed E-state index contributed by atoms with van der Waals surface area (Å²) in [6.45, 7) is 9.85. The van der Waals surface area contributed by atoms with Crippen LogP contribution in [-0.2, 0) is 4.74 Å². The van der Waals surface area contributed by atoms with Crippen molar-refractivity contribution in [3.63, 3.8) is 0 Å². The molecule has 6 nitrogen and oxygen atoms in total. The van der Waals surface area contributed by atoms with E-state index in [2.05, 4.69) is 34.0 Å². The first-order valence-corrected chi connectivity index (χ1v) is 7.30. The Labute approximate surface area is 124 Å². The van der Waals surface area contributed by atoms with Gasteiger partial charge in [-0.2, -0.15) is 5.10 Å². The fourth-order valence-corrected chi connectivity index (χ4v) is 2.83. The SMILES string of the molecule is Cc1cc(C)n(-c2ccc(N3C[C@@H](C)O[C@H](C)C3)nn2)n1. The highest BCUT2D eigenvalue weighted by Gasteiger charge is 2.23. The molecule has 2 aromatic heterocycles. The van der Waals surface area contributed by atoms with Gasteiger partial charge in [0.05, 0.1) is 17.9 Å². The molecule has 1 fully saturated rings. The molecule has 1 saturated heterocycles. The van der Waals surface area contributed by atoms with Gasteiger partial charge in [0.25, 0.3) is 0 Å². The van der Waals surface area contributed by atoms with Crippen molar-refractivity contribution < 1.29 is 4.74 Å². The fraction of sp³-hybridized carbons (Fsp3) is 0.533. The zero-order chi connectivity index (χ0) is 15.0. The molecule has 1 aliphatic rings. The average Bonchev–Trinajstić information content (AvgIpc) is 2.77. The largest absolute Gasteiger partial charge is 0.372 e. The minimum atomic E-state index is 0.214. The fourth-order valence-electron chi connectivity index (χ4n) is 2.83. The summed E-state index contributed by atoms with van der Waals surface area (Å²) in [6.07, 6.45) is 0.428. The summed E-state index contributed by atoms with van der Waals surface area (Å²) in [5, 5.41) is 13.1. The highest BCUT2D eigenvalue weighted by atomic mass is 16.5. The van der Waals surface area contributed by atoms with Crippen LogP contribution in [0.25, 0.3) is 5.82 Å². The van der Waals surface area contributed by atoms with Gasteiger partial charge in [0.1, 0.15) is 0 Å². The molecule has 0 aromatic carbocycles. The van der Waals surface area contributed by atoms with E-state index in [0.29, 0.717) is 0 Å². The summed E-state index contributed by atoms with van der Waals surface area (Å²) < 4.78 is 7.56. The molecule has 0 amide bonds. The van der Waals surface area contributed by atoms with Gasteiger partial charge < -0.3 is 9.64 Å². The standard InChI is InChI=1S/C15H21N5O/c1-10-7-11(2)20(18-10)15-6-5-14(16-17-15)19-8-12(3)21-13(4)9-19/h5-7,12-13H,8-9H2,1-4H3/t12-,13-/m1/s1. The highest BCUT2D eigenvalue weighted by molar-refractivity contribution is 5.40. The molecular weight excluding hydrogens is 266 g/mol. The smallest absolute Gasteiger partial charge is 0.176 e. The van der Waals surface area contributed by atoms with E-state index in [0.717, 1.165) is 36.1 Å². The third-order valence-electron chi connectivity index (χ3n) is 3.61. The van der Waals surface area contributed by atoms with Gasteiger partial charge in [0, 0.05) is 18.8 Å². The van der Waals surface area contributed by atoms with Crippen LogP contribution in [0, 0.1) is 13.8 Å². The normalized spacial score (nSPS) is 22.6. The quantitative estimate of drug-likeness (QED) is 0.844. The molecule has 2 aromatic rings. The van der Waals surface area contributed by atoms with Crippen molar-refractivity contribution in [2.24, 2.45) is 0 Å². The lowest BCUT2D eigenvalue weighted by Gasteiger charge is -2.35. The maximum atomic E-state index is 5.75. The Balaban J connectivity index is 1.82. The number of aromatic nitrogens is 4. The molecule has 2 atom stereocenters. The maximum Gasteiger partial charge on any atom is 0.176 e. The van der Waals surface area contributed by atoms with Crippen LogP contribution in [-0.4, -0.2) is 45.3 Å². The van der Waals surface area contributed by atoms with Gasteiger partial charge >= 0.3 is 0 Å². The number of nitrogens with zero attached hydrogens (tertiary/aromatic N) is 5. The molecule has 0 N–H and O–H groups in total. The van der Waals surface area contributed by atoms with Gasteiger partial charge in [-0.15, -0.1) is 10.2 Å². The maximum absolute atomic E-state index is 5.75. The molecular formula is C15H21N5O. The van der Waals surface area contributed by atoms with E-state index in [4.69, 9.17) is 4.74 Å². The van der Waals surface area contributed by atoms with Gasteiger partial charge in [-0.3, -0.25) is 0 Å². The Hall–Kier alpha value is -1.95. The summed E-state index contributed by atoms with van der Waals surface area (Å²) in [6, 6.07) is 6.00. The van der Waals surface area contributed by atoms with Crippen molar-refractivity contribution in [1.82, 2.24) is 20.0 Å². The molecule has 6 heteroatoms.